The molecular formula is C15H10Cl2F2N4. The van der Waals surface area contributed by atoms with Crippen molar-refractivity contribution < 1.29 is 8.78 Å². The van der Waals surface area contributed by atoms with Crippen LogP contribution in [0, 0.1) is 11.6 Å². The van der Waals surface area contributed by atoms with Gasteiger partial charge in [0, 0.05) is 29.6 Å². The summed E-state index contributed by atoms with van der Waals surface area (Å²) in [6.07, 6.45) is 2.92. The van der Waals surface area contributed by atoms with Crippen LogP contribution >= 0.6 is 24.0 Å². The summed E-state index contributed by atoms with van der Waals surface area (Å²) in [5.41, 5.74) is 1.60. The first-order valence-corrected chi connectivity index (χ1v) is 6.66. The Morgan fingerprint density at radius 2 is 1.78 bits per heavy atom. The fourth-order valence-corrected chi connectivity index (χ4v) is 2.09. The predicted octanol–water partition coefficient (Wildman–Crippen LogP) is 4.64. The number of nitrogens with zero attached hydrogens (tertiary/aromatic N) is 3. The molecule has 2 heterocycles. The topological polar surface area (TPSA) is 50.7 Å². The molecule has 0 amide bonds. The summed E-state index contributed by atoms with van der Waals surface area (Å²) < 4.78 is 26.1. The molecule has 4 nitrogen and oxygen atoms in total. The number of nitrogens with one attached hydrogen (secondary N) is 1. The van der Waals surface area contributed by atoms with Crippen LogP contribution in [0.15, 0.2) is 48.9 Å². The zero-order chi connectivity index (χ0) is 15.5. The van der Waals surface area contributed by atoms with E-state index in [4.69, 9.17) is 11.6 Å². The summed E-state index contributed by atoms with van der Waals surface area (Å²) in [4.78, 5) is 12.2. The van der Waals surface area contributed by atoms with Crippen molar-refractivity contribution in [1.82, 2.24) is 15.0 Å². The van der Waals surface area contributed by atoms with Crippen LogP contribution in [-0.4, -0.2) is 15.0 Å². The highest BCUT2D eigenvalue weighted by atomic mass is 35.5. The van der Waals surface area contributed by atoms with Crippen LogP contribution in [0.5, 0.6) is 0 Å². The van der Waals surface area contributed by atoms with Gasteiger partial charge < -0.3 is 5.32 Å². The van der Waals surface area contributed by atoms with Gasteiger partial charge in [-0.05, 0) is 24.3 Å². The molecule has 2 aromatic heterocycles. The second kappa shape index (κ2) is 7.30. The second-order valence-electron chi connectivity index (χ2n) is 4.38. The van der Waals surface area contributed by atoms with Gasteiger partial charge in [-0.1, -0.05) is 11.6 Å². The normalized spacial score (nSPS) is 10.0. The zero-order valence-electron chi connectivity index (χ0n) is 11.5. The molecule has 1 aromatic carbocycles. The molecule has 8 heteroatoms. The Morgan fingerprint density at radius 3 is 2.52 bits per heavy atom. The highest BCUT2D eigenvalue weighted by Crippen LogP contribution is 2.26. The predicted molar refractivity (Wildman–Crippen MR) is 87.2 cm³/mol. The second-order valence-corrected chi connectivity index (χ2v) is 4.74. The maximum absolute atomic E-state index is 13.2. The third kappa shape index (κ3) is 3.91. The minimum atomic E-state index is -0.936. The third-order valence-electron chi connectivity index (χ3n) is 2.89. The van der Waals surface area contributed by atoms with Crippen LogP contribution in [0.25, 0.3) is 11.3 Å². The first-order valence-electron chi connectivity index (χ1n) is 6.28. The number of benzene rings is 1. The summed E-state index contributed by atoms with van der Waals surface area (Å²) in [7, 11) is 0. The number of hydrogen-bond acceptors (Lipinski definition) is 4. The van der Waals surface area contributed by atoms with Gasteiger partial charge in [0.15, 0.2) is 11.6 Å². The Hall–Kier alpha value is -2.31. The summed E-state index contributed by atoms with van der Waals surface area (Å²) in [5.74, 6) is -1.42. The molecule has 0 fully saturated rings. The van der Waals surface area contributed by atoms with Crippen LogP contribution in [0.1, 0.15) is 0 Å². The summed E-state index contributed by atoms with van der Waals surface area (Å²) in [5, 5.41) is 3.20. The molecule has 3 aromatic rings. The number of rotatable bonds is 3. The van der Waals surface area contributed by atoms with Crippen molar-refractivity contribution in [2.75, 3.05) is 5.32 Å². The first-order chi connectivity index (χ1) is 10.6. The van der Waals surface area contributed by atoms with Crippen molar-refractivity contribution in [2.24, 2.45) is 0 Å². The lowest BCUT2D eigenvalue weighted by Gasteiger charge is -2.08. The molecule has 0 unspecified atom stereocenters. The molecule has 0 saturated carbocycles. The fraction of sp³-hybridized carbons (Fsp3) is 0. The van der Waals surface area contributed by atoms with Crippen LogP contribution in [-0.2, 0) is 0 Å². The zero-order valence-corrected chi connectivity index (χ0v) is 13.1. The maximum Gasteiger partial charge on any atom is 0.160 e. The minimum absolute atomic E-state index is 0. The van der Waals surface area contributed by atoms with Gasteiger partial charge in [0.2, 0.25) is 0 Å². The summed E-state index contributed by atoms with van der Waals surface area (Å²) in [6, 6.07) is 8.66. The SMILES string of the molecule is Cl.Fc1ccc(Nc2cc(-c3cccnc3Cl)ncn2)cc1F. The van der Waals surface area contributed by atoms with Crippen molar-refractivity contribution in [3.8, 4) is 11.3 Å². The fourth-order valence-electron chi connectivity index (χ4n) is 1.87. The Labute approximate surface area is 142 Å². The van der Waals surface area contributed by atoms with Crippen molar-refractivity contribution >= 4 is 35.5 Å². The standard InChI is InChI=1S/C15H9ClF2N4.ClH/c16-15-10(2-1-5-19-15)13-7-14(21-8-20-13)22-9-3-4-11(17)12(18)6-9;/h1-8H,(H,20,21,22);1H. The van der Waals surface area contributed by atoms with E-state index in [2.05, 4.69) is 20.3 Å². The molecule has 1 N–H and O–H groups in total. The van der Waals surface area contributed by atoms with Crippen LogP contribution in [0.2, 0.25) is 5.15 Å². The molecule has 0 aliphatic heterocycles. The van der Waals surface area contributed by atoms with Gasteiger partial charge in [0.1, 0.15) is 17.3 Å². The van der Waals surface area contributed by atoms with E-state index in [0.29, 0.717) is 27.9 Å². The van der Waals surface area contributed by atoms with Crippen LogP contribution < -0.4 is 5.32 Å². The molecule has 0 bridgehead atoms. The third-order valence-corrected chi connectivity index (χ3v) is 3.20. The van der Waals surface area contributed by atoms with Gasteiger partial charge in [0.25, 0.3) is 0 Å². The highest BCUT2D eigenvalue weighted by Gasteiger charge is 2.08. The molecule has 23 heavy (non-hydrogen) atoms. The first kappa shape index (κ1) is 17.1. The van der Waals surface area contributed by atoms with Gasteiger partial charge in [0.05, 0.1) is 5.69 Å². The molecule has 118 valence electrons. The van der Waals surface area contributed by atoms with E-state index in [-0.39, 0.29) is 12.4 Å². The van der Waals surface area contributed by atoms with E-state index in [1.54, 1.807) is 24.4 Å². The molecule has 0 aliphatic carbocycles. The van der Waals surface area contributed by atoms with E-state index in [0.717, 1.165) is 12.1 Å². The monoisotopic (exact) mass is 354 g/mol. The summed E-state index contributed by atoms with van der Waals surface area (Å²) >= 11 is 6.03. The maximum atomic E-state index is 13.2. The summed E-state index contributed by atoms with van der Waals surface area (Å²) in [6.45, 7) is 0. The smallest absolute Gasteiger partial charge is 0.160 e. The van der Waals surface area contributed by atoms with E-state index < -0.39 is 11.6 Å². The van der Waals surface area contributed by atoms with Gasteiger partial charge in [-0.15, -0.1) is 12.4 Å². The van der Waals surface area contributed by atoms with Crippen molar-refractivity contribution in [3.63, 3.8) is 0 Å². The Bertz CT molecular complexity index is 830. The largest absolute Gasteiger partial charge is 0.340 e. The molecule has 0 saturated heterocycles. The van der Waals surface area contributed by atoms with E-state index in [1.165, 1.54) is 12.4 Å². The average molecular weight is 355 g/mol. The van der Waals surface area contributed by atoms with Crippen LogP contribution in [0.4, 0.5) is 20.3 Å². The molecule has 0 atom stereocenters. The molecular weight excluding hydrogens is 345 g/mol. The molecule has 0 spiro atoms. The van der Waals surface area contributed by atoms with Crippen LogP contribution in [0.3, 0.4) is 0 Å². The number of hydrogen-bond donors (Lipinski definition) is 1. The number of pyridine rings is 1. The lowest BCUT2D eigenvalue weighted by atomic mass is 10.2. The van der Waals surface area contributed by atoms with Crippen molar-refractivity contribution in [2.45, 2.75) is 0 Å². The molecule has 0 radical (unpaired) electrons. The molecule has 0 aliphatic rings. The Balaban J connectivity index is 0.00000192. The lowest BCUT2D eigenvalue weighted by Crippen LogP contribution is -1.97. The van der Waals surface area contributed by atoms with Gasteiger partial charge in [-0.2, -0.15) is 0 Å². The number of aromatic nitrogens is 3. The lowest BCUT2D eigenvalue weighted by molar-refractivity contribution is 0.509. The number of anilines is 2. The van der Waals surface area contributed by atoms with Gasteiger partial charge >= 0.3 is 0 Å². The van der Waals surface area contributed by atoms with E-state index >= 15 is 0 Å². The van der Waals surface area contributed by atoms with E-state index in [9.17, 15) is 8.78 Å². The average Bonchev–Trinajstić information content (AvgIpc) is 2.52. The minimum Gasteiger partial charge on any atom is -0.340 e. The Morgan fingerprint density at radius 1 is 0.957 bits per heavy atom. The van der Waals surface area contributed by atoms with E-state index in [1.807, 2.05) is 0 Å². The number of halogens is 4. The van der Waals surface area contributed by atoms with Gasteiger partial charge in [-0.25, -0.2) is 23.7 Å². The Kier molecular flexibility index (Phi) is 5.41. The van der Waals surface area contributed by atoms with Crippen molar-refractivity contribution in [1.29, 1.82) is 0 Å². The van der Waals surface area contributed by atoms with Gasteiger partial charge in [-0.3, -0.25) is 0 Å². The molecule has 3 rings (SSSR count). The quantitative estimate of drug-likeness (QED) is 0.696. The highest BCUT2D eigenvalue weighted by molar-refractivity contribution is 6.32. The van der Waals surface area contributed by atoms with Crippen molar-refractivity contribution in [3.05, 3.63) is 65.7 Å².